The zero-order valence-corrected chi connectivity index (χ0v) is 32.1. The fourth-order valence-corrected chi connectivity index (χ4v) is 5.57. The highest BCUT2D eigenvalue weighted by molar-refractivity contribution is 7.17. The monoisotopic (exact) mass is 733 g/mol. The highest BCUT2D eigenvalue weighted by atomic mass is 32.1. The van der Waals surface area contributed by atoms with E-state index >= 15 is 0 Å². The van der Waals surface area contributed by atoms with Crippen molar-refractivity contribution in [1.82, 2.24) is 14.8 Å². The first kappa shape index (κ1) is 39.4. The second-order valence-corrected chi connectivity index (χ2v) is 15.9. The van der Waals surface area contributed by atoms with Gasteiger partial charge in [0, 0.05) is 18.3 Å². The molecule has 52 heavy (non-hydrogen) atoms. The number of benzene rings is 2. The van der Waals surface area contributed by atoms with Crippen LogP contribution in [0.5, 0.6) is 5.75 Å². The van der Waals surface area contributed by atoms with Crippen LogP contribution in [0.15, 0.2) is 71.0 Å². The Hall–Kier alpha value is -5.37. The van der Waals surface area contributed by atoms with E-state index in [2.05, 4.69) is 15.6 Å². The van der Waals surface area contributed by atoms with Crippen LogP contribution >= 0.6 is 11.3 Å². The number of hydrogen-bond acceptors (Lipinski definition) is 9. The molecule has 0 atom stereocenters. The molecule has 0 spiro atoms. The van der Waals surface area contributed by atoms with Gasteiger partial charge in [0.1, 0.15) is 34.9 Å². The molecule has 4 rings (SSSR count). The number of carbonyl (C=O) groups excluding carboxylic acids is 4. The standard InChI is InChI=1S/C38H47N5O8S/c1-36(2,3)49-33(45)40-32(41-34(46)50-37(4,5)6)43(35(47)51-38(7,8)9)22-24-15-17-26(18-16-24)48-23-25-13-11-12-14-27(25)39-31(44)29-21-30-28(42(29)10)19-20-52-30/h11-21H,22-23H2,1-10H3,(H,39,44)(H,40,41,45,46). The van der Waals surface area contributed by atoms with Gasteiger partial charge in [0.05, 0.1) is 16.8 Å². The van der Waals surface area contributed by atoms with E-state index in [-0.39, 0.29) is 19.1 Å². The molecule has 0 aliphatic heterocycles. The lowest BCUT2D eigenvalue weighted by Gasteiger charge is -2.29. The molecule has 2 aromatic heterocycles. The smallest absolute Gasteiger partial charge is 0.437 e. The molecule has 4 amide bonds. The van der Waals surface area contributed by atoms with Gasteiger partial charge in [-0.05, 0) is 104 Å². The van der Waals surface area contributed by atoms with Gasteiger partial charge in [-0.1, -0.05) is 30.3 Å². The summed E-state index contributed by atoms with van der Waals surface area (Å²) < 4.78 is 25.3. The number of alkyl carbamates (subject to hydrolysis) is 1. The summed E-state index contributed by atoms with van der Waals surface area (Å²) in [6.45, 7) is 15.1. The lowest BCUT2D eigenvalue weighted by molar-refractivity contribution is 0.0346. The summed E-state index contributed by atoms with van der Waals surface area (Å²) in [5.74, 6) is -0.147. The third-order valence-electron chi connectivity index (χ3n) is 6.89. The van der Waals surface area contributed by atoms with Crippen molar-refractivity contribution in [2.24, 2.45) is 12.0 Å². The minimum Gasteiger partial charge on any atom is -0.489 e. The van der Waals surface area contributed by atoms with Crippen LogP contribution in [0, 0.1) is 0 Å². The Bertz CT molecular complexity index is 1940. The summed E-state index contributed by atoms with van der Waals surface area (Å²) in [5.41, 5.74) is 0.844. The van der Waals surface area contributed by atoms with E-state index in [1.165, 1.54) is 0 Å². The summed E-state index contributed by atoms with van der Waals surface area (Å²) >= 11 is 1.58. The van der Waals surface area contributed by atoms with Gasteiger partial charge in [0.25, 0.3) is 5.91 Å². The molecule has 0 radical (unpaired) electrons. The van der Waals surface area contributed by atoms with E-state index in [0.717, 1.165) is 20.7 Å². The maximum Gasteiger partial charge on any atom is 0.437 e. The van der Waals surface area contributed by atoms with Crippen molar-refractivity contribution in [3.05, 3.63) is 82.9 Å². The number of amides is 4. The van der Waals surface area contributed by atoms with E-state index in [1.807, 2.05) is 53.4 Å². The minimum atomic E-state index is -1.03. The first-order valence-corrected chi connectivity index (χ1v) is 17.5. The van der Waals surface area contributed by atoms with Crippen molar-refractivity contribution < 1.29 is 38.1 Å². The van der Waals surface area contributed by atoms with Crippen LogP contribution in [0.2, 0.25) is 0 Å². The number of thiophene rings is 1. The molecular formula is C38H47N5O8S. The number of rotatable bonds is 7. The molecule has 278 valence electrons. The normalized spacial score (nSPS) is 12.2. The molecular weight excluding hydrogens is 687 g/mol. The summed E-state index contributed by atoms with van der Waals surface area (Å²) in [6, 6.07) is 18.1. The number of aliphatic imine (C=N–C) groups is 1. The zero-order valence-electron chi connectivity index (χ0n) is 31.3. The number of para-hydroxylation sites is 1. The Morgan fingerprint density at radius 3 is 2.08 bits per heavy atom. The van der Waals surface area contributed by atoms with Gasteiger partial charge >= 0.3 is 18.3 Å². The average Bonchev–Trinajstić information content (AvgIpc) is 3.59. The van der Waals surface area contributed by atoms with Crippen LogP contribution in [0.1, 0.15) is 83.9 Å². The highest BCUT2D eigenvalue weighted by Crippen LogP contribution is 2.26. The van der Waals surface area contributed by atoms with E-state index in [1.54, 1.807) is 97.9 Å². The number of aromatic nitrogens is 1. The number of anilines is 1. The molecule has 0 aliphatic carbocycles. The zero-order chi connectivity index (χ0) is 38.4. The van der Waals surface area contributed by atoms with Gasteiger partial charge < -0.3 is 28.8 Å². The molecule has 0 aliphatic rings. The lowest BCUT2D eigenvalue weighted by atomic mass is 10.1. The topological polar surface area (TPSA) is 150 Å². The molecule has 0 unspecified atom stereocenters. The fraction of sp³-hybridized carbons (Fsp3) is 0.395. The van der Waals surface area contributed by atoms with Crippen molar-refractivity contribution in [3.63, 3.8) is 0 Å². The van der Waals surface area contributed by atoms with Crippen LogP contribution in [0.25, 0.3) is 10.2 Å². The number of fused-ring (bicyclic) bond motifs is 1. The van der Waals surface area contributed by atoms with Crippen molar-refractivity contribution in [1.29, 1.82) is 0 Å². The molecule has 0 fully saturated rings. The number of nitrogens with one attached hydrogen (secondary N) is 2. The second kappa shape index (κ2) is 15.9. The molecule has 2 N–H and O–H groups in total. The predicted octanol–water partition coefficient (Wildman–Crippen LogP) is 8.62. The Morgan fingerprint density at radius 2 is 1.46 bits per heavy atom. The Balaban J connectivity index is 1.53. The van der Waals surface area contributed by atoms with Crippen LogP contribution in [0.3, 0.4) is 0 Å². The van der Waals surface area contributed by atoms with Crippen LogP contribution in [0.4, 0.5) is 20.1 Å². The van der Waals surface area contributed by atoms with E-state index in [9.17, 15) is 19.2 Å². The molecule has 4 aromatic rings. The predicted molar refractivity (Wildman–Crippen MR) is 201 cm³/mol. The highest BCUT2D eigenvalue weighted by Gasteiger charge is 2.30. The molecule has 14 heteroatoms. The van der Waals surface area contributed by atoms with E-state index in [4.69, 9.17) is 18.9 Å². The molecule has 2 heterocycles. The number of ether oxygens (including phenoxy) is 4. The molecule has 0 saturated carbocycles. The average molecular weight is 734 g/mol. The van der Waals surface area contributed by atoms with Crippen LogP contribution in [-0.2, 0) is 34.4 Å². The summed E-state index contributed by atoms with van der Waals surface area (Å²) in [5, 5.41) is 7.42. The third-order valence-corrected chi connectivity index (χ3v) is 7.75. The largest absolute Gasteiger partial charge is 0.489 e. The SMILES string of the molecule is Cn1c(C(=O)Nc2ccccc2COc2ccc(CN(C(=O)OC(C)(C)C)/C(=N/C(=O)OC(C)(C)C)NC(=O)OC(C)(C)C)cc2)cc2sccc21. The third kappa shape index (κ3) is 11.6. The van der Waals surface area contributed by atoms with Crippen LogP contribution < -0.4 is 15.4 Å². The van der Waals surface area contributed by atoms with E-state index < -0.39 is 41.0 Å². The first-order chi connectivity index (χ1) is 24.2. The van der Waals surface area contributed by atoms with Crippen molar-refractivity contribution in [2.45, 2.75) is 92.3 Å². The fourth-order valence-electron chi connectivity index (χ4n) is 4.72. The van der Waals surface area contributed by atoms with Gasteiger partial charge in [0.2, 0.25) is 5.96 Å². The molecule has 0 bridgehead atoms. The minimum absolute atomic E-state index is 0.154. The summed E-state index contributed by atoms with van der Waals surface area (Å²) in [4.78, 5) is 57.3. The Labute approximate surface area is 307 Å². The molecule has 0 saturated heterocycles. The Kier molecular flexibility index (Phi) is 12.0. The number of nitrogens with zero attached hydrogens (tertiary/aromatic N) is 3. The van der Waals surface area contributed by atoms with Crippen molar-refractivity contribution in [3.8, 4) is 5.75 Å². The molecule has 2 aromatic carbocycles. The summed E-state index contributed by atoms with van der Waals surface area (Å²) in [6.07, 6.45) is -2.84. The van der Waals surface area contributed by atoms with Crippen LogP contribution in [-0.4, -0.2) is 56.4 Å². The number of aryl methyl sites for hydroxylation is 1. The van der Waals surface area contributed by atoms with Gasteiger partial charge in [-0.25, -0.2) is 19.3 Å². The molecule has 13 nitrogen and oxygen atoms in total. The van der Waals surface area contributed by atoms with Crippen molar-refractivity contribution in [2.75, 3.05) is 5.32 Å². The van der Waals surface area contributed by atoms with Gasteiger partial charge in [-0.2, -0.15) is 0 Å². The van der Waals surface area contributed by atoms with Gasteiger partial charge in [-0.15, -0.1) is 16.3 Å². The van der Waals surface area contributed by atoms with Gasteiger partial charge in [0.15, 0.2) is 0 Å². The van der Waals surface area contributed by atoms with Crippen molar-refractivity contribution >= 4 is 57.4 Å². The maximum absolute atomic E-state index is 13.5. The quantitative estimate of drug-likeness (QED) is 0.109. The second-order valence-electron chi connectivity index (χ2n) is 14.9. The van der Waals surface area contributed by atoms with E-state index in [0.29, 0.717) is 22.7 Å². The number of hydrogen-bond donors (Lipinski definition) is 2. The summed E-state index contributed by atoms with van der Waals surface area (Å²) in [7, 11) is 1.86. The van der Waals surface area contributed by atoms with Gasteiger partial charge in [-0.3, -0.25) is 10.1 Å². The lowest BCUT2D eigenvalue weighted by Crippen LogP contribution is -2.50. The Morgan fingerprint density at radius 1 is 0.827 bits per heavy atom. The number of carbonyl (C=O) groups is 4. The maximum atomic E-state index is 13.5. The number of guanidine groups is 1. The first-order valence-electron chi connectivity index (χ1n) is 16.6.